The van der Waals surface area contributed by atoms with Crippen LogP contribution in [0.5, 0.6) is 5.75 Å². The lowest BCUT2D eigenvalue weighted by atomic mass is 9.95. The molecular weight excluding hydrogens is 371 g/mol. The molecular formula is C20H18Cl2N2O2. The molecule has 1 atom stereocenters. The first kappa shape index (κ1) is 18.5. The number of carbonyl (C=O) groups excluding carboxylic acids is 1. The Hall–Kier alpha value is -2.30. The molecule has 4 nitrogen and oxygen atoms in total. The van der Waals surface area contributed by atoms with E-state index in [1.54, 1.807) is 30.7 Å². The van der Waals surface area contributed by atoms with E-state index < -0.39 is 5.97 Å². The third-order valence-corrected chi connectivity index (χ3v) is 4.74. The van der Waals surface area contributed by atoms with Crippen molar-refractivity contribution in [3.8, 4) is 5.75 Å². The molecule has 0 spiro atoms. The summed E-state index contributed by atoms with van der Waals surface area (Å²) in [6.45, 7) is 2.86. The molecule has 1 unspecified atom stereocenters. The molecule has 3 aromatic rings. The second kappa shape index (κ2) is 8.39. The van der Waals surface area contributed by atoms with E-state index in [0.717, 1.165) is 18.5 Å². The van der Waals surface area contributed by atoms with E-state index in [1.807, 2.05) is 29.0 Å². The van der Waals surface area contributed by atoms with Gasteiger partial charge in [0.05, 0.1) is 16.9 Å². The van der Waals surface area contributed by atoms with Crippen LogP contribution in [-0.4, -0.2) is 15.5 Å². The number of hydrogen-bond donors (Lipinski definition) is 0. The van der Waals surface area contributed by atoms with Crippen molar-refractivity contribution in [2.24, 2.45) is 0 Å². The van der Waals surface area contributed by atoms with Crippen LogP contribution >= 0.6 is 23.2 Å². The van der Waals surface area contributed by atoms with E-state index in [2.05, 4.69) is 11.9 Å². The molecule has 134 valence electrons. The highest BCUT2D eigenvalue weighted by Crippen LogP contribution is 2.31. The van der Waals surface area contributed by atoms with Gasteiger partial charge in [-0.3, -0.25) is 0 Å². The fourth-order valence-electron chi connectivity index (χ4n) is 2.82. The number of esters is 1. The van der Waals surface area contributed by atoms with Crippen molar-refractivity contribution < 1.29 is 9.53 Å². The van der Waals surface area contributed by atoms with Crippen molar-refractivity contribution >= 4 is 29.2 Å². The van der Waals surface area contributed by atoms with Gasteiger partial charge >= 0.3 is 5.97 Å². The van der Waals surface area contributed by atoms with Crippen LogP contribution in [0.2, 0.25) is 10.0 Å². The molecule has 0 radical (unpaired) electrons. The van der Waals surface area contributed by atoms with E-state index in [1.165, 1.54) is 6.07 Å². The Bertz CT molecular complexity index is 895. The zero-order chi connectivity index (χ0) is 18.5. The van der Waals surface area contributed by atoms with Crippen LogP contribution in [0.4, 0.5) is 0 Å². The van der Waals surface area contributed by atoms with E-state index >= 15 is 0 Å². The highest BCUT2D eigenvalue weighted by molar-refractivity contribution is 6.36. The molecule has 0 bridgehead atoms. The molecule has 0 amide bonds. The van der Waals surface area contributed by atoms with Crippen molar-refractivity contribution in [2.45, 2.75) is 25.8 Å². The fraction of sp³-hybridized carbons (Fsp3) is 0.200. The Labute approximate surface area is 162 Å². The van der Waals surface area contributed by atoms with Crippen LogP contribution in [0.3, 0.4) is 0 Å². The summed E-state index contributed by atoms with van der Waals surface area (Å²) in [6, 6.07) is 12.3. The van der Waals surface area contributed by atoms with Crippen LogP contribution < -0.4 is 4.74 Å². The minimum absolute atomic E-state index is 0.189. The molecule has 0 saturated heterocycles. The van der Waals surface area contributed by atoms with Gasteiger partial charge in [-0.15, -0.1) is 0 Å². The van der Waals surface area contributed by atoms with Crippen molar-refractivity contribution in [1.82, 2.24) is 9.55 Å². The first-order chi connectivity index (χ1) is 12.6. The Kier molecular flexibility index (Phi) is 5.96. The topological polar surface area (TPSA) is 44.1 Å². The maximum Gasteiger partial charge on any atom is 0.345 e. The monoisotopic (exact) mass is 388 g/mol. The van der Waals surface area contributed by atoms with Gasteiger partial charge in [0, 0.05) is 29.9 Å². The van der Waals surface area contributed by atoms with Gasteiger partial charge in [-0.05, 0) is 36.2 Å². The molecule has 0 fully saturated rings. The highest BCUT2D eigenvalue weighted by Gasteiger charge is 2.19. The number of benzene rings is 2. The van der Waals surface area contributed by atoms with Crippen LogP contribution in [-0.2, 0) is 6.54 Å². The molecule has 0 aliphatic carbocycles. The van der Waals surface area contributed by atoms with E-state index in [-0.39, 0.29) is 16.5 Å². The predicted molar refractivity (Wildman–Crippen MR) is 103 cm³/mol. The molecule has 6 heteroatoms. The number of nitrogens with zero attached hydrogens (tertiary/aromatic N) is 2. The number of para-hydroxylation sites is 1. The van der Waals surface area contributed by atoms with Gasteiger partial charge in [0.25, 0.3) is 0 Å². The molecule has 0 saturated carbocycles. The van der Waals surface area contributed by atoms with E-state index in [4.69, 9.17) is 27.9 Å². The van der Waals surface area contributed by atoms with Gasteiger partial charge in [-0.2, -0.15) is 0 Å². The normalized spacial score (nSPS) is 12.0. The minimum atomic E-state index is -0.503. The first-order valence-corrected chi connectivity index (χ1v) is 9.06. The lowest BCUT2D eigenvalue weighted by Crippen LogP contribution is -2.13. The Balaban J connectivity index is 1.85. The van der Waals surface area contributed by atoms with Gasteiger partial charge in [-0.1, -0.05) is 48.3 Å². The van der Waals surface area contributed by atoms with Crippen LogP contribution in [0.15, 0.2) is 61.2 Å². The second-order valence-electron chi connectivity index (χ2n) is 5.92. The number of halogens is 2. The molecule has 0 aliphatic heterocycles. The predicted octanol–water partition coefficient (Wildman–Crippen LogP) is 5.60. The van der Waals surface area contributed by atoms with Gasteiger partial charge in [-0.25, -0.2) is 9.78 Å². The smallest absolute Gasteiger partial charge is 0.345 e. The summed E-state index contributed by atoms with van der Waals surface area (Å²) >= 11 is 12.0. The maximum atomic E-state index is 12.6. The molecule has 1 aromatic heterocycles. The van der Waals surface area contributed by atoms with Gasteiger partial charge in [0.2, 0.25) is 0 Å². The summed E-state index contributed by atoms with van der Waals surface area (Å²) in [6.07, 6.45) is 6.35. The average molecular weight is 389 g/mol. The highest BCUT2D eigenvalue weighted by atomic mass is 35.5. The van der Waals surface area contributed by atoms with Gasteiger partial charge < -0.3 is 9.30 Å². The summed E-state index contributed by atoms with van der Waals surface area (Å²) in [5, 5.41) is 0.740. The van der Waals surface area contributed by atoms with Crippen molar-refractivity contribution in [3.05, 3.63) is 82.4 Å². The first-order valence-electron chi connectivity index (χ1n) is 8.30. The maximum absolute atomic E-state index is 12.6. The van der Waals surface area contributed by atoms with Gasteiger partial charge in [0.15, 0.2) is 0 Å². The minimum Gasteiger partial charge on any atom is -0.423 e. The number of carbonyl (C=O) groups is 1. The Morgan fingerprint density at radius 3 is 2.73 bits per heavy atom. The van der Waals surface area contributed by atoms with E-state index in [0.29, 0.717) is 10.8 Å². The summed E-state index contributed by atoms with van der Waals surface area (Å²) in [7, 11) is 0. The van der Waals surface area contributed by atoms with Crippen LogP contribution in [0.1, 0.15) is 35.2 Å². The largest absolute Gasteiger partial charge is 0.423 e. The second-order valence-corrected chi connectivity index (χ2v) is 6.76. The average Bonchev–Trinajstić information content (AvgIpc) is 3.13. The number of aromatic nitrogens is 2. The SMILES string of the molecule is CCC(Cn1ccnc1)c1ccccc1OC(=O)c1ccc(Cl)cc1Cl. The summed E-state index contributed by atoms with van der Waals surface area (Å²) in [5.41, 5.74) is 1.26. The lowest BCUT2D eigenvalue weighted by Gasteiger charge is -2.19. The molecule has 2 aromatic carbocycles. The molecule has 0 aliphatic rings. The summed E-state index contributed by atoms with van der Waals surface area (Å²) < 4.78 is 7.68. The quantitative estimate of drug-likeness (QED) is 0.407. The molecule has 1 heterocycles. The fourth-order valence-corrected chi connectivity index (χ4v) is 3.30. The number of ether oxygens (including phenoxy) is 1. The van der Waals surface area contributed by atoms with Crippen LogP contribution in [0, 0.1) is 0 Å². The van der Waals surface area contributed by atoms with Gasteiger partial charge in [0.1, 0.15) is 5.75 Å². The molecule has 3 rings (SSSR count). The summed E-state index contributed by atoms with van der Waals surface area (Å²) in [5.74, 6) is 0.223. The van der Waals surface area contributed by atoms with Crippen molar-refractivity contribution in [1.29, 1.82) is 0 Å². The lowest BCUT2D eigenvalue weighted by molar-refractivity contribution is 0.0732. The number of rotatable bonds is 6. The number of imidazole rings is 1. The van der Waals surface area contributed by atoms with E-state index in [9.17, 15) is 4.79 Å². The number of hydrogen-bond acceptors (Lipinski definition) is 3. The summed E-state index contributed by atoms with van der Waals surface area (Å²) in [4.78, 5) is 16.6. The Morgan fingerprint density at radius 2 is 2.04 bits per heavy atom. The third-order valence-electron chi connectivity index (χ3n) is 4.20. The standard InChI is InChI=1S/C20H18Cl2N2O2/c1-2-14(12-24-10-9-23-13-24)16-5-3-4-6-19(16)26-20(25)17-8-7-15(21)11-18(17)22/h3-11,13-14H,2,12H2,1H3. The van der Waals surface area contributed by atoms with Crippen LogP contribution in [0.25, 0.3) is 0 Å². The molecule has 26 heavy (non-hydrogen) atoms. The zero-order valence-corrected chi connectivity index (χ0v) is 15.7. The third kappa shape index (κ3) is 4.26. The zero-order valence-electron chi connectivity index (χ0n) is 14.2. The molecule has 0 N–H and O–H groups in total. The van der Waals surface area contributed by atoms with Crippen molar-refractivity contribution in [2.75, 3.05) is 0 Å². The Morgan fingerprint density at radius 1 is 1.23 bits per heavy atom. The van der Waals surface area contributed by atoms with Crippen molar-refractivity contribution in [3.63, 3.8) is 0 Å².